The Balaban J connectivity index is 0.00000288. The van der Waals surface area contributed by atoms with Gasteiger partial charge in [0.25, 0.3) is 0 Å². The molecule has 7 heteroatoms. The van der Waals surface area contributed by atoms with Crippen molar-refractivity contribution < 1.29 is 9.47 Å². The zero-order valence-electron chi connectivity index (χ0n) is 14.6. The average molecular weight is 448 g/mol. The molecule has 1 heterocycles. The first-order valence-corrected chi connectivity index (χ1v) is 8.16. The van der Waals surface area contributed by atoms with Gasteiger partial charge >= 0.3 is 0 Å². The van der Waals surface area contributed by atoms with Crippen LogP contribution >= 0.6 is 24.0 Å². The van der Waals surface area contributed by atoms with Crippen molar-refractivity contribution in [1.82, 2.24) is 10.2 Å². The molecular weight excluding hydrogens is 419 g/mol. The van der Waals surface area contributed by atoms with Crippen LogP contribution in [0.3, 0.4) is 0 Å². The summed E-state index contributed by atoms with van der Waals surface area (Å²) in [5.41, 5.74) is 8.18. The number of aliphatic imine (C=N–C) groups is 1. The van der Waals surface area contributed by atoms with Crippen LogP contribution in [-0.2, 0) is 11.3 Å². The molecule has 2 rings (SSSR count). The summed E-state index contributed by atoms with van der Waals surface area (Å²) in [4.78, 5) is 6.80. The van der Waals surface area contributed by atoms with Crippen LogP contribution < -0.4 is 15.8 Å². The lowest BCUT2D eigenvalue weighted by Crippen LogP contribution is -2.39. The number of nitrogens with two attached hydrogens (primary N) is 1. The van der Waals surface area contributed by atoms with Gasteiger partial charge in [0, 0.05) is 19.6 Å². The van der Waals surface area contributed by atoms with Gasteiger partial charge < -0.3 is 20.5 Å². The number of hydrogen-bond donors (Lipinski definition) is 2. The lowest BCUT2D eigenvalue weighted by molar-refractivity contribution is 0.0376. The largest absolute Gasteiger partial charge is 0.497 e. The molecule has 0 amide bonds. The van der Waals surface area contributed by atoms with E-state index in [4.69, 9.17) is 15.2 Å². The molecule has 0 spiro atoms. The summed E-state index contributed by atoms with van der Waals surface area (Å²) in [6.45, 7) is 8.25. The van der Waals surface area contributed by atoms with Crippen LogP contribution in [-0.4, -0.2) is 57.4 Å². The highest BCUT2D eigenvalue weighted by molar-refractivity contribution is 14.0. The zero-order chi connectivity index (χ0) is 16.5. The Hall–Kier alpha value is -1.06. The van der Waals surface area contributed by atoms with Crippen molar-refractivity contribution in [1.29, 1.82) is 0 Å². The highest BCUT2D eigenvalue weighted by atomic mass is 127. The van der Waals surface area contributed by atoms with Gasteiger partial charge in [-0.05, 0) is 43.1 Å². The number of hydrogen-bond acceptors (Lipinski definition) is 4. The number of nitrogens with one attached hydrogen (secondary N) is 1. The van der Waals surface area contributed by atoms with Crippen LogP contribution in [0.2, 0.25) is 0 Å². The quantitative estimate of drug-likeness (QED) is 0.288. The van der Waals surface area contributed by atoms with Crippen molar-refractivity contribution >= 4 is 29.9 Å². The number of guanidine groups is 1. The minimum atomic E-state index is 0. The average Bonchev–Trinajstić information content (AvgIpc) is 2.57. The second-order valence-corrected chi connectivity index (χ2v) is 5.79. The molecule has 1 fully saturated rings. The maximum Gasteiger partial charge on any atom is 0.188 e. The van der Waals surface area contributed by atoms with Crippen LogP contribution in [0.15, 0.2) is 23.2 Å². The fourth-order valence-electron chi connectivity index (χ4n) is 2.61. The summed E-state index contributed by atoms with van der Waals surface area (Å²) in [5.74, 6) is 1.35. The van der Waals surface area contributed by atoms with E-state index in [-0.39, 0.29) is 24.0 Å². The maximum atomic E-state index is 5.92. The lowest BCUT2D eigenvalue weighted by Gasteiger charge is -2.26. The van der Waals surface area contributed by atoms with Crippen molar-refractivity contribution in [3.05, 3.63) is 29.3 Å². The molecule has 0 bridgehead atoms. The van der Waals surface area contributed by atoms with E-state index in [1.54, 1.807) is 7.11 Å². The summed E-state index contributed by atoms with van der Waals surface area (Å²) < 4.78 is 10.6. The molecule has 1 aliphatic heterocycles. The van der Waals surface area contributed by atoms with E-state index in [2.05, 4.69) is 21.3 Å². The number of rotatable bonds is 7. The Morgan fingerprint density at radius 3 is 2.79 bits per heavy atom. The predicted molar refractivity (Wildman–Crippen MR) is 108 cm³/mol. The van der Waals surface area contributed by atoms with Gasteiger partial charge in [-0.15, -0.1) is 24.0 Å². The third-order valence-electron chi connectivity index (χ3n) is 3.84. The predicted octanol–water partition coefficient (Wildman–Crippen LogP) is 1.75. The third kappa shape index (κ3) is 7.67. The van der Waals surface area contributed by atoms with Gasteiger partial charge in [0.15, 0.2) is 5.96 Å². The van der Waals surface area contributed by atoms with Gasteiger partial charge in [0.05, 0.1) is 26.9 Å². The number of ether oxygens (including phenoxy) is 2. The topological polar surface area (TPSA) is 72.1 Å². The highest BCUT2D eigenvalue weighted by Crippen LogP contribution is 2.16. The summed E-state index contributed by atoms with van der Waals surface area (Å²) >= 11 is 0. The van der Waals surface area contributed by atoms with E-state index in [1.807, 2.05) is 19.1 Å². The SMILES string of the molecule is COc1cc(C)cc(CN=C(N)NCCCN2CCOCC2)c1.I. The van der Waals surface area contributed by atoms with Crippen LogP contribution in [0.1, 0.15) is 17.5 Å². The Morgan fingerprint density at radius 2 is 2.08 bits per heavy atom. The van der Waals surface area contributed by atoms with Crippen LogP contribution in [0.4, 0.5) is 0 Å². The van der Waals surface area contributed by atoms with E-state index in [1.165, 1.54) is 0 Å². The molecule has 0 saturated carbocycles. The van der Waals surface area contributed by atoms with Gasteiger partial charge in [-0.3, -0.25) is 4.90 Å². The minimum Gasteiger partial charge on any atom is -0.497 e. The summed E-state index contributed by atoms with van der Waals surface area (Å²) in [6.07, 6.45) is 1.05. The molecule has 0 aliphatic carbocycles. The second-order valence-electron chi connectivity index (χ2n) is 5.79. The molecule has 1 saturated heterocycles. The van der Waals surface area contributed by atoms with Crippen molar-refractivity contribution in [2.45, 2.75) is 19.9 Å². The molecule has 3 N–H and O–H groups in total. The van der Waals surface area contributed by atoms with E-state index in [9.17, 15) is 0 Å². The summed E-state index contributed by atoms with van der Waals surface area (Å²) in [7, 11) is 1.67. The van der Waals surface area contributed by atoms with E-state index >= 15 is 0 Å². The number of morpholine rings is 1. The first-order valence-electron chi connectivity index (χ1n) is 8.16. The van der Waals surface area contributed by atoms with E-state index < -0.39 is 0 Å². The smallest absolute Gasteiger partial charge is 0.188 e. The summed E-state index contributed by atoms with van der Waals surface area (Å²) in [6, 6.07) is 6.08. The number of benzene rings is 1. The van der Waals surface area contributed by atoms with Crippen molar-refractivity contribution in [3.8, 4) is 5.75 Å². The molecule has 136 valence electrons. The Morgan fingerprint density at radius 1 is 1.33 bits per heavy atom. The van der Waals surface area contributed by atoms with E-state index in [0.717, 1.165) is 62.7 Å². The molecule has 0 aromatic heterocycles. The molecule has 0 radical (unpaired) electrons. The van der Waals surface area contributed by atoms with Gasteiger partial charge in [0.2, 0.25) is 0 Å². The molecule has 1 aromatic carbocycles. The van der Waals surface area contributed by atoms with Crippen molar-refractivity contribution in [3.63, 3.8) is 0 Å². The molecule has 6 nitrogen and oxygen atoms in total. The standard InChI is InChI=1S/C17H28N4O2.HI/c1-14-10-15(12-16(11-14)22-2)13-20-17(18)19-4-3-5-21-6-8-23-9-7-21;/h10-12H,3-9,13H2,1-2H3,(H3,18,19,20);1H. The maximum absolute atomic E-state index is 5.92. The Bertz CT molecular complexity index is 519. The molecular formula is C17H29IN4O2. The zero-order valence-corrected chi connectivity index (χ0v) is 16.9. The van der Waals surface area contributed by atoms with Gasteiger partial charge in [-0.2, -0.15) is 0 Å². The normalized spacial score (nSPS) is 15.7. The van der Waals surface area contributed by atoms with Crippen molar-refractivity contribution in [2.75, 3.05) is 46.5 Å². The Kier molecular flexibility index (Phi) is 10.0. The first kappa shape index (κ1) is 21.0. The van der Waals surface area contributed by atoms with E-state index in [0.29, 0.717) is 12.5 Å². The molecule has 0 atom stereocenters. The van der Waals surface area contributed by atoms with Gasteiger partial charge in [0.1, 0.15) is 5.75 Å². The number of halogens is 1. The third-order valence-corrected chi connectivity index (χ3v) is 3.84. The van der Waals surface area contributed by atoms with Crippen LogP contribution in [0.25, 0.3) is 0 Å². The first-order chi connectivity index (χ1) is 11.2. The lowest BCUT2D eigenvalue weighted by atomic mass is 10.1. The van der Waals surface area contributed by atoms with Gasteiger partial charge in [-0.25, -0.2) is 4.99 Å². The fourth-order valence-corrected chi connectivity index (χ4v) is 2.61. The number of methoxy groups -OCH3 is 1. The van der Waals surface area contributed by atoms with Crippen LogP contribution in [0.5, 0.6) is 5.75 Å². The molecule has 1 aromatic rings. The number of aryl methyl sites for hydroxylation is 1. The molecule has 24 heavy (non-hydrogen) atoms. The monoisotopic (exact) mass is 448 g/mol. The fraction of sp³-hybridized carbons (Fsp3) is 0.588. The molecule has 1 aliphatic rings. The Labute approximate surface area is 161 Å². The molecule has 0 unspecified atom stereocenters. The van der Waals surface area contributed by atoms with Gasteiger partial charge in [-0.1, -0.05) is 6.07 Å². The second kappa shape index (κ2) is 11.5. The highest BCUT2D eigenvalue weighted by Gasteiger charge is 2.08. The van der Waals surface area contributed by atoms with Crippen LogP contribution in [0, 0.1) is 6.92 Å². The van der Waals surface area contributed by atoms with Crippen molar-refractivity contribution in [2.24, 2.45) is 10.7 Å². The summed E-state index contributed by atoms with van der Waals surface area (Å²) in [5, 5.41) is 3.17. The number of nitrogens with zero attached hydrogens (tertiary/aromatic N) is 2. The minimum absolute atomic E-state index is 0.